The molecule has 0 unspecified atom stereocenters. The van der Waals surface area contributed by atoms with Gasteiger partial charge in [-0.1, -0.05) is 19.3 Å². The van der Waals surface area contributed by atoms with Crippen molar-refractivity contribution in [1.29, 1.82) is 0 Å². The number of fused-ring (bicyclic) bond motifs is 1. The molecule has 1 saturated carbocycles. The zero-order valence-corrected chi connectivity index (χ0v) is 20.5. The van der Waals surface area contributed by atoms with Crippen molar-refractivity contribution in [2.45, 2.75) is 62.9 Å². The minimum atomic E-state index is -3.72. The highest BCUT2D eigenvalue weighted by Crippen LogP contribution is 2.34. The molecule has 34 heavy (non-hydrogen) atoms. The highest BCUT2D eigenvalue weighted by molar-refractivity contribution is 7.89. The van der Waals surface area contributed by atoms with Crippen molar-refractivity contribution < 1.29 is 32.2 Å². The first-order valence-electron chi connectivity index (χ1n) is 12.2. The van der Waals surface area contributed by atoms with Gasteiger partial charge in [-0.15, -0.1) is 0 Å². The molecule has 0 aromatic heterocycles. The number of carbonyl (C=O) groups excluding carboxylic acids is 2. The molecular formula is C24H34N2O7S. The number of ether oxygens (including phenoxy) is 3. The van der Waals surface area contributed by atoms with Crippen molar-refractivity contribution in [3.8, 4) is 11.5 Å². The van der Waals surface area contributed by atoms with Crippen molar-refractivity contribution in [3.63, 3.8) is 0 Å². The molecule has 9 nitrogen and oxygen atoms in total. The average Bonchev–Trinajstić information content (AvgIpc) is 2.87. The van der Waals surface area contributed by atoms with E-state index in [9.17, 15) is 18.0 Å². The molecular weight excluding hydrogens is 460 g/mol. The van der Waals surface area contributed by atoms with Crippen molar-refractivity contribution in [2.24, 2.45) is 11.8 Å². The van der Waals surface area contributed by atoms with Gasteiger partial charge in [0.25, 0.3) is 5.91 Å². The van der Waals surface area contributed by atoms with Gasteiger partial charge in [-0.25, -0.2) is 8.42 Å². The molecule has 0 bridgehead atoms. The van der Waals surface area contributed by atoms with Crippen LogP contribution in [0.15, 0.2) is 23.1 Å². The van der Waals surface area contributed by atoms with Crippen LogP contribution in [0.25, 0.3) is 0 Å². The fourth-order valence-electron chi connectivity index (χ4n) is 4.77. The zero-order chi connectivity index (χ0) is 24.1. The number of hydrogen-bond acceptors (Lipinski definition) is 7. The molecule has 3 aliphatic rings. The second-order valence-electron chi connectivity index (χ2n) is 9.31. The Balaban J connectivity index is 1.25. The molecule has 0 spiro atoms. The van der Waals surface area contributed by atoms with E-state index in [0.29, 0.717) is 50.0 Å². The third-order valence-electron chi connectivity index (χ3n) is 6.89. The zero-order valence-electron chi connectivity index (χ0n) is 19.7. The predicted octanol–water partition coefficient (Wildman–Crippen LogP) is 2.49. The Morgan fingerprint density at radius 1 is 1.06 bits per heavy atom. The van der Waals surface area contributed by atoms with E-state index in [1.165, 1.54) is 35.7 Å². The van der Waals surface area contributed by atoms with Gasteiger partial charge in [-0.05, 0) is 50.7 Å². The van der Waals surface area contributed by atoms with Crippen molar-refractivity contribution in [1.82, 2.24) is 9.62 Å². The number of esters is 1. The van der Waals surface area contributed by atoms with E-state index in [1.807, 2.05) is 0 Å². The minimum absolute atomic E-state index is 0.140. The lowest BCUT2D eigenvalue weighted by molar-refractivity contribution is -0.159. The van der Waals surface area contributed by atoms with Crippen LogP contribution >= 0.6 is 0 Å². The Hall–Kier alpha value is -2.33. The molecule has 1 aromatic rings. The molecule has 2 aliphatic heterocycles. The molecule has 1 aliphatic carbocycles. The summed E-state index contributed by atoms with van der Waals surface area (Å²) < 4.78 is 43.9. The van der Waals surface area contributed by atoms with Crippen LogP contribution < -0.4 is 14.8 Å². The normalized spacial score (nSPS) is 21.0. The molecule has 10 heteroatoms. The molecule has 188 valence electrons. The predicted molar refractivity (Wildman–Crippen MR) is 124 cm³/mol. The van der Waals surface area contributed by atoms with Gasteiger partial charge in [0.1, 0.15) is 13.2 Å². The quantitative estimate of drug-likeness (QED) is 0.580. The third-order valence-corrected chi connectivity index (χ3v) is 8.79. The smallest absolute Gasteiger partial charge is 0.309 e. The summed E-state index contributed by atoms with van der Waals surface area (Å²) in [5, 5.41) is 2.90. The molecule has 1 N–H and O–H groups in total. The van der Waals surface area contributed by atoms with Gasteiger partial charge in [0.15, 0.2) is 17.6 Å². The fourth-order valence-corrected chi connectivity index (χ4v) is 6.25. The first kappa shape index (κ1) is 24.8. The summed E-state index contributed by atoms with van der Waals surface area (Å²) in [4.78, 5) is 25.1. The Morgan fingerprint density at radius 3 is 2.44 bits per heavy atom. The van der Waals surface area contributed by atoms with Gasteiger partial charge >= 0.3 is 5.97 Å². The number of carbonyl (C=O) groups is 2. The van der Waals surface area contributed by atoms with E-state index in [-0.39, 0.29) is 23.9 Å². The summed E-state index contributed by atoms with van der Waals surface area (Å²) in [6.07, 6.45) is 5.75. The number of amides is 1. The number of sulfonamides is 1. The molecule has 1 aromatic carbocycles. The maximum atomic E-state index is 13.1. The van der Waals surface area contributed by atoms with Crippen molar-refractivity contribution >= 4 is 21.9 Å². The Labute approximate surface area is 201 Å². The monoisotopic (exact) mass is 494 g/mol. The highest BCUT2D eigenvalue weighted by atomic mass is 32.2. The summed E-state index contributed by atoms with van der Waals surface area (Å²) in [6.45, 7) is 3.43. The van der Waals surface area contributed by atoms with E-state index < -0.39 is 28.0 Å². The van der Waals surface area contributed by atoms with E-state index in [1.54, 1.807) is 13.0 Å². The maximum Gasteiger partial charge on any atom is 0.309 e. The van der Waals surface area contributed by atoms with Crippen LogP contribution in [0.3, 0.4) is 0 Å². The second kappa shape index (κ2) is 10.9. The number of benzene rings is 1. The van der Waals surface area contributed by atoms with Crippen LogP contribution in [-0.2, 0) is 24.3 Å². The van der Waals surface area contributed by atoms with E-state index in [4.69, 9.17) is 14.2 Å². The summed E-state index contributed by atoms with van der Waals surface area (Å²) >= 11 is 0. The SMILES string of the molecule is C[C@H](OC(=O)C1CCN(S(=O)(=O)c2ccc3c(c2)OCCO3)CC1)C(=O)NCC1CCCCC1. The highest BCUT2D eigenvalue weighted by Gasteiger charge is 2.34. The lowest BCUT2D eigenvalue weighted by atomic mass is 9.89. The average molecular weight is 495 g/mol. The van der Waals surface area contributed by atoms with Crippen LogP contribution in [-0.4, -0.2) is 63.6 Å². The summed E-state index contributed by atoms with van der Waals surface area (Å²) in [6, 6.07) is 4.60. The number of rotatable bonds is 7. The number of piperidine rings is 1. The molecule has 1 amide bonds. The summed E-state index contributed by atoms with van der Waals surface area (Å²) in [5.41, 5.74) is 0. The van der Waals surface area contributed by atoms with Crippen molar-refractivity contribution in [3.05, 3.63) is 18.2 Å². The molecule has 1 atom stereocenters. The van der Waals surface area contributed by atoms with Gasteiger partial charge in [-0.2, -0.15) is 4.31 Å². The third kappa shape index (κ3) is 5.83. The van der Waals surface area contributed by atoms with E-state index >= 15 is 0 Å². The molecule has 2 heterocycles. The molecule has 0 radical (unpaired) electrons. The second-order valence-corrected chi connectivity index (χ2v) is 11.3. The van der Waals surface area contributed by atoms with Gasteiger partial charge in [0.05, 0.1) is 10.8 Å². The van der Waals surface area contributed by atoms with E-state index in [0.717, 1.165) is 12.8 Å². The van der Waals surface area contributed by atoms with Crippen LogP contribution in [0.2, 0.25) is 0 Å². The maximum absolute atomic E-state index is 13.1. The molecule has 4 rings (SSSR count). The number of nitrogens with one attached hydrogen (secondary N) is 1. The topological polar surface area (TPSA) is 111 Å². The summed E-state index contributed by atoms with van der Waals surface area (Å²) in [5.74, 6) is 0.292. The molecule has 1 saturated heterocycles. The Bertz CT molecular complexity index is 983. The van der Waals surface area contributed by atoms with Crippen LogP contribution in [0, 0.1) is 11.8 Å². The number of nitrogens with zero attached hydrogens (tertiary/aromatic N) is 1. The fraction of sp³-hybridized carbons (Fsp3) is 0.667. The standard InChI is InChI=1S/C24H34N2O7S/c1-17(23(27)25-16-18-5-3-2-4-6-18)33-24(28)19-9-11-26(12-10-19)34(29,30)20-7-8-21-22(15-20)32-14-13-31-21/h7-8,15,17-19H,2-6,9-14,16H2,1H3,(H,25,27)/t17-/m0/s1. The first-order valence-corrected chi connectivity index (χ1v) is 13.7. The van der Waals surface area contributed by atoms with Crippen LogP contribution in [0.1, 0.15) is 51.9 Å². The lowest BCUT2D eigenvalue weighted by Crippen LogP contribution is -2.43. The lowest BCUT2D eigenvalue weighted by Gasteiger charge is -2.31. The summed E-state index contributed by atoms with van der Waals surface area (Å²) in [7, 11) is -3.72. The largest absolute Gasteiger partial charge is 0.486 e. The van der Waals surface area contributed by atoms with Gasteiger partial charge in [0, 0.05) is 25.7 Å². The van der Waals surface area contributed by atoms with E-state index in [2.05, 4.69) is 5.32 Å². The number of hydrogen-bond donors (Lipinski definition) is 1. The first-order chi connectivity index (χ1) is 16.3. The van der Waals surface area contributed by atoms with Gasteiger partial charge in [-0.3, -0.25) is 9.59 Å². The Kier molecular flexibility index (Phi) is 7.98. The van der Waals surface area contributed by atoms with Crippen LogP contribution in [0.5, 0.6) is 11.5 Å². The van der Waals surface area contributed by atoms with Crippen molar-refractivity contribution in [2.75, 3.05) is 32.8 Å². The Morgan fingerprint density at radius 2 is 1.74 bits per heavy atom. The minimum Gasteiger partial charge on any atom is -0.486 e. The van der Waals surface area contributed by atoms with Crippen LogP contribution in [0.4, 0.5) is 0 Å². The van der Waals surface area contributed by atoms with Gasteiger partial charge < -0.3 is 19.5 Å². The molecule has 2 fully saturated rings. The van der Waals surface area contributed by atoms with Gasteiger partial charge in [0.2, 0.25) is 10.0 Å².